The molecule has 0 aliphatic carbocycles. The van der Waals surface area contributed by atoms with Gasteiger partial charge in [0.2, 0.25) is 5.16 Å². The highest BCUT2D eigenvalue weighted by Gasteiger charge is 2.07. The van der Waals surface area contributed by atoms with E-state index in [1.54, 1.807) is 23.6 Å². The van der Waals surface area contributed by atoms with Gasteiger partial charge in [-0.3, -0.25) is 0 Å². The van der Waals surface area contributed by atoms with Crippen LogP contribution in [0.5, 0.6) is 11.5 Å². The monoisotopic (exact) mass is 399 g/mol. The molecule has 8 heteroatoms. The molecule has 0 saturated heterocycles. The highest BCUT2D eigenvalue weighted by Crippen LogP contribution is 2.29. The molecule has 148 valence electrons. The number of methoxy groups -OCH3 is 1. The van der Waals surface area contributed by atoms with Crippen LogP contribution in [0.1, 0.15) is 16.7 Å². The maximum absolute atomic E-state index is 5.95. The number of hydrogen-bond donors (Lipinski definition) is 1. The molecule has 7 nitrogen and oxygen atoms in total. The summed E-state index contributed by atoms with van der Waals surface area (Å²) in [5.74, 6) is 2.38. The van der Waals surface area contributed by atoms with Crippen molar-refractivity contribution >= 4 is 11.8 Å². The van der Waals surface area contributed by atoms with Crippen LogP contribution in [0.3, 0.4) is 0 Å². The fourth-order valence-electron chi connectivity index (χ4n) is 2.69. The van der Waals surface area contributed by atoms with E-state index in [-0.39, 0.29) is 0 Å². The largest absolute Gasteiger partial charge is 0.493 e. The zero-order chi connectivity index (χ0) is 19.8. The van der Waals surface area contributed by atoms with Crippen LogP contribution >= 0.6 is 11.8 Å². The fraction of sp³-hybridized carbons (Fsp3) is 0.350. The van der Waals surface area contributed by atoms with Crippen LogP contribution in [0.15, 0.2) is 47.6 Å². The Balaban J connectivity index is 1.47. The number of thioether (sulfide) groups is 1. The number of aryl methyl sites for hydroxylation is 2. The van der Waals surface area contributed by atoms with E-state index in [9.17, 15) is 0 Å². The molecule has 3 rings (SSSR count). The van der Waals surface area contributed by atoms with E-state index in [0.717, 1.165) is 46.6 Å². The van der Waals surface area contributed by atoms with Crippen molar-refractivity contribution in [2.75, 3.05) is 19.4 Å². The zero-order valence-electron chi connectivity index (χ0n) is 16.4. The molecule has 2 aromatic carbocycles. The molecule has 0 amide bonds. The predicted molar refractivity (Wildman–Crippen MR) is 110 cm³/mol. The average Bonchev–Trinajstić information content (AvgIpc) is 3.11. The quantitative estimate of drug-likeness (QED) is 0.415. The van der Waals surface area contributed by atoms with Crippen molar-refractivity contribution in [1.82, 2.24) is 25.5 Å². The summed E-state index contributed by atoms with van der Waals surface area (Å²) in [6, 6.07) is 14.3. The summed E-state index contributed by atoms with van der Waals surface area (Å²) in [7, 11) is 3.50. The number of nitrogens with zero attached hydrogens (tertiary/aromatic N) is 4. The summed E-state index contributed by atoms with van der Waals surface area (Å²) < 4.78 is 13.1. The zero-order valence-corrected chi connectivity index (χ0v) is 17.2. The minimum Gasteiger partial charge on any atom is -0.493 e. The first-order valence-corrected chi connectivity index (χ1v) is 10.1. The van der Waals surface area contributed by atoms with Crippen molar-refractivity contribution in [2.24, 2.45) is 7.05 Å². The lowest BCUT2D eigenvalue weighted by atomic mass is 10.1. The van der Waals surface area contributed by atoms with Crippen LogP contribution in [0.25, 0.3) is 0 Å². The molecule has 1 N–H and O–H groups in total. The topological polar surface area (TPSA) is 74.1 Å². The Morgan fingerprint density at radius 2 is 2.00 bits per heavy atom. The molecule has 0 atom stereocenters. The van der Waals surface area contributed by atoms with E-state index >= 15 is 0 Å². The summed E-state index contributed by atoms with van der Waals surface area (Å²) in [6.45, 7) is 4.20. The minimum absolute atomic E-state index is 0.518. The third-order valence-electron chi connectivity index (χ3n) is 4.13. The third-order valence-corrected chi connectivity index (χ3v) is 5.14. The van der Waals surface area contributed by atoms with Gasteiger partial charge < -0.3 is 14.8 Å². The van der Waals surface area contributed by atoms with Gasteiger partial charge in [0.25, 0.3) is 0 Å². The summed E-state index contributed by atoms with van der Waals surface area (Å²) in [4.78, 5) is 0. The predicted octanol–water partition coefficient (Wildman–Crippen LogP) is 2.99. The lowest BCUT2D eigenvalue weighted by Crippen LogP contribution is -2.16. The van der Waals surface area contributed by atoms with Gasteiger partial charge in [0, 0.05) is 25.9 Å². The van der Waals surface area contributed by atoms with Gasteiger partial charge >= 0.3 is 0 Å². The lowest BCUT2D eigenvalue weighted by Gasteiger charge is -2.13. The van der Waals surface area contributed by atoms with E-state index in [1.165, 1.54) is 5.56 Å². The Bertz CT molecular complexity index is 900. The van der Waals surface area contributed by atoms with Crippen LogP contribution < -0.4 is 14.8 Å². The number of nitrogens with one attached hydrogen (secondary N) is 1. The number of hydrogen-bond acceptors (Lipinski definition) is 7. The molecule has 0 fully saturated rings. The summed E-state index contributed by atoms with van der Waals surface area (Å²) >= 11 is 1.62. The standard InChI is InChI=1S/C20H25N5O2S/c1-15-5-4-6-17(11-15)14-27-18-8-7-16(12-19(18)26-3)13-21-9-10-28-20-22-23-24-25(20)2/h4-8,11-12,21H,9-10,13-14H2,1-3H3. The van der Waals surface area contributed by atoms with Gasteiger partial charge in [-0.05, 0) is 40.6 Å². The second-order valence-corrected chi connectivity index (χ2v) is 7.44. The van der Waals surface area contributed by atoms with Crippen LogP contribution in [-0.2, 0) is 20.2 Å². The second kappa shape index (κ2) is 10.1. The first-order valence-electron chi connectivity index (χ1n) is 9.07. The van der Waals surface area contributed by atoms with E-state index in [4.69, 9.17) is 9.47 Å². The van der Waals surface area contributed by atoms with Gasteiger partial charge in [-0.2, -0.15) is 0 Å². The van der Waals surface area contributed by atoms with E-state index in [0.29, 0.717) is 6.61 Å². The number of aromatic nitrogens is 4. The minimum atomic E-state index is 0.518. The fourth-order valence-corrected chi connectivity index (χ4v) is 3.44. The molecule has 0 spiro atoms. The molecule has 3 aromatic rings. The smallest absolute Gasteiger partial charge is 0.209 e. The highest BCUT2D eigenvalue weighted by molar-refractivity contribution is 7.99. The molecule has 0 unspecified atom stereocenters. The van der Waals surface area contributed by atoms with E-state index < -0.39 is 0 Å². The number of benzene rings is 2. The lowest BCUT2D eigenvalue weighted by molar-refractivity contribution is 0.284. The van der Waals surface area contributed by atoms with Crippen LogP contribution in [0, 0.1) is 6.92 Å². The van der Waals surface area contributed by atoms with Crippen molar-refractivity contribution in [3.8, 4) is 11.5 Å². The maximum atomic E-state index is 5.95. The SMILES string of the molecule is COc1cc(CNCCSc2nnnn2C)ccc1OCc1cccc(C)c1. The van der Waals surface area contributed by atoms with Crippen molar-refractivity contribution in [1.29, 1.82) is 0 Å². The maximum Gasteiger partial charge on any atom is 0.209 e. The third kappa shape index (κ3) is 5.71. The Hall–Kier alpha value is -2.58. The molecule has 1 aromatic heterocycles. The molecule has 28 heavy (non-hydrogen) atoms. The van der Waals surface area contributed by atoms with Gasteiger partial charge in [0.1, 0.15) is 6.61 Å². The molecule has 0 aliphatic rings. The molecule has 0 saturated carbocycles. The Kier molecular flexibility index (Phi) is 7.27. The van der Waals surface area contributed by atoms with E-state index in [2.05, 4.69) is 52.0 Å². The van der Waals surface area contributed by atoms with Gasteiger partial charge in [-0.15, -0.1) is 5.10 Å². The van der Waals surface area contributed by atoms with Gasteiger partial charge in [-0.25, -0.2) is 4.68 Å². The normalized spacial score (nSPS) is 10.8. The van der Waals surface area contributed by atoms with Crippen LogP contribution in [-0.4, -0.2) is 39.6 Å². The van der Waals surface area contributed by atoms with Crippen molar-refractivity contribution in [3.05, 3.63) is 59.2 Å². The molecule has 1 heterocycles. The molecule has 0 aliphatic heterocycles. The second-order valence-electron chi connectivity index (χ2n) is 6.37. The van der Waals surface area contributed by atoms with E-state index in [1.807, 2.05) is 25.2 Å². The van der Waals surface area contributed by atoms with Crippen LogP contribution in [0.4, 0.5) is 0 Å². The Morgan fingerprint density at radius 3 is 2.75 bits per heavy atom. The molecule has 0 bridgehead atoms. The first kappa shape index (κ1) is 20.2. The Morgan fingerprint density at radius 1 is 1.11 bits per heavy atom. The summed E-state index contributed by atoms with van der Waals surface area (Å²) in [5.41, 5.74) is 3.51. The number of ether oxygens (including phenoxy) is 2. The molecular weight excluding hydrogens is 374 g/mol. The van der Waals surface area contributed by atoms with Crippen molar-refractivity contribution < 1.29 is 9.47 Å². The van der Waals surface area contributed by atoms with Gasteiger partial charge in [-0.1, -0.05) is 47.7 Å². The number of rotatable bonds is 10. The van der Waals surface area contributed by atoms with Gasteiger partial charge in [0.05, 0.1) is 7.11 Å². The van der Waals surface area contributed by atoms with Gasteiger partial charge in [0.15, 0.2) is 11.5 Å². The number of tetrazole rings is 1. The highest BCUT2D eigenvalue weighted by atomic mass is 32.2. The molecule has 0 radical (unpaired) electrons. The Labute approximate surface area is 169 Å². The van der Waals surface area contributed by atoms with Crippen LogP contribution in [0.2, 0.25) is 0 Å². The average molecular weight is 400 g/mol. The molecular formula is C20H25N5O2S. The summed E-state index contributed by atoms with van der Waals surface area (Å²) in [6.07, 6.45) is 0. The van der Waals surface area contributed by atoms with Crippen molar-refractivity contribution in [2.45, 2.75) is 25.2 Å². The van der Waals surface area contributed by atoms with Crippen molar-refractivity contribution in [3.63, 3.8) is 0 Å². The summed E-state index contributed by atoms with van der Waals surface area (Å²) in [5, 5.41) is 15.6. The first-order chi connectivity index (χ1) is 13.7.